The number of hydrogen-bond donors (Lipinski definition) is 2. The van der Waals surface area contributed by atoms with Gasteiger partial charge in [-0.05, 0) is 43.0 Å². The first-order valence-electron chi connectivity index (χ1n) is 7.69. The molecule has 0 heterocycles. The molecule has 0 saturated heterocycles. The summed E-state index contributed by atoms with van der Waals surface area (Å²) in [6.07, 6.45) is 2.24. The molecule has 2 aromatic rings. The summed E-state index contributed by atoms with van der Waals surface area (Å²) in [7, 11) is 0. The van der Waals surface area contributed by atoms with E-state index in [0.29, 0.717) is 6.04 Å². The van der Waals surface area contributed by atoms with E-state index in [4.69, 9.17) is 0 Å². The molecule has 2 N–H and O–H groups in total. The number of carbonyl (C=O) groups is 1. The number of rotatable bonds is 5. The van der Waals surface area contributed by atoms with Crippen LogP contribution >= 0.6 is 0 Å². The van der Waals surface area contributed by atoms with Crippen molar-refractivity contribution in [2.24, 2.45) is 0 Å². The fourth-order valence-electron chi connectivity index (χ4n) is 2.72. The first-order chi connectivity index (χ1) is 10.1. The van der Waals surface area contributed by atoms with Crippen molar-refractivity contribution in [3.05, 3.63) is 48.0 Å². The van der Waals surface area contributed by atoms with Crippen LogP contribution in [0, 0.1) is 0 Å². The molecule has 1 aliphatic rings. The van der Waals surface area contributed by atoms with Gasteiger partial charge in [-0.1, -0.05) is 42.5 Å². The lowest BCUT2D eigenvalue weighted by Crippen LogP contribution is -2.43. The first kappa shape index (κ1) is 14.1. The maximum atomic E-state index is 12.1. The molecule has 2 atom stereocenters. The lowest BCUT2D eigenvalue weighted by atomic mass is 9.99. The summed E-state index contributed by atoms with van der Waals surface area (Å²) in [4.78, 5) is 12.1. The highest BCUT2D eigenvalue weighted by molar-refractivity contribution is 5.86. The molecule has 3 rings (SSSR count). The van der Waals surface area contributed by atoms with Crippen molar-refractivity contribution in [3.63, 3.8) is 0 Å². The minimum atomic E-state index is -0.181. The zero-order valence-electron chi connectivity index (χ0n) is 12.6. The lowest BCUT2D eigenvalue weighted by Gasteiger charge is -2.21. The van der Waals surface area contributed by atoms with E-state index in [-0.39, 0.29) is 18.0 Å². The fraction of sp³-hybridized carbons (Fsp3) is 0.389. The van der Waals surface area contributed by atoms with Gasteiger partial charge < -0.3 is 5.32 Å². The average molecular weight is 282 g/mol. The Bertz CT molecular complexity index is 643. The third kappa shape index (κ3) is 3.24. The molecule has 0 aliphatic heterocycles. The van der Waals surface area contributed by atoms with Crippen molar-refractivity contribution in [2.75, 3.05) is 0 Å². The number of amides is 1. The molecule has 3 heteroatoms. The molecule has 0 aromatic heterocycles. The summed E-state index contributed by atoms with van der Waals surface area (Å²) >= 11 is 0. The molecule has 1 fully saturated rings. The maximum absolute atomic E-state index is 12.1. The average Bonchev–Trinajstić information content (AvgIpc) is 3.30. The zero-order chi connectivity index (χ0) is 14.8. The second kappa shape index (κ2) is 5.86. The summed E-state index contributed by atoms with van der Waals surface area (Å²) in [6.45, 7) is 4.04. The van der Waals surface area contributed by atoms with Crippen molar-refractivity contribution in [3.8, 4) is 0 Å². The summed E-state index contributed by atoms with van der Waals surface area (Å²) in [6, 6.07) is 15.1. The predicted molar refractivity (Wildman–Crippen MR) is 86.1 cm³/mol. The third-order valence-corrected chi connectivity index (χ3v) is 4.11. The Morgan fingerprint density at radius 3 is 2.57 bits per heavy atom. The molecule has 0 spiro atoms. The van der Waals surface area contributed by atoms with E-state index < -0.39 is 0 Å². The monoisotopic (exact) mass is 282 g/mol. The molecule has 21 heavy (non-hydrogen) atoms. The van der Waals surface area contributed by atoms with Gasteiger partial charge in [-0.3, -0.25) is 10.1 Å². The van der Waals surface area contributed by atoms with Crippen LogP contribution in [0.5, 0.6) is 0 Å². The summed E-state index contributed by atoms with van der Waals surface area (Å²) in [5.41, 5.74) is 1.24. The van der Waals surface area contributed by atoms with Crippen LogP contribution in [0.4, 0.5) is 0 Å². The number of hydrogen-bond acceptors (Lipinski definition) is 2. The highest BCUT2D eigenvalue weighted by Crippen LogP contribution is 2.24. The summed E-state index contributed by atoms with van der Waals surface area (Å²) in [5, 5.41) is 8.94. The van der Waals surface area contributed by atoms with Gasteiger partial charge in [0.1, 0.15) is 0 Å². The van der Waals surface area contributed by atoms with Gasteiger partial charge in [0, 0.05) is 12.1 Å². The minimum absolute atomic E-state index is 0.101. The van der Waals surface area contributed by atoms with Crippen LogP contribution in [0.3, 0.4) is 0 Å². The summed E-state index contributed by atoms with van der Waals surface area (Å²) < 4.78 is 0. The topological polar surface area (TPSA) is 41.1 Å². The molecule has 1 saturated carbocycles. The second-order valence-electron chi connectivity index (χ2n) is 5.96. The van der Waals surface area contributed by atoms with E-state index in [1.54, 1.807) is 0 Å². The normalized spacial score (nSPS) is 17.4. The molecule has 2 aromatic carbocycles. The molecule has 1 amide bonds. The van der Waals surface area contributed by atoms with Crippen LogP contribution < -0.4 is 10.6 Å². The Morgan fingerprint density at radius 1 is 1.10 bits per heavy atom. The maximum Gasteiger partial charge on any atom is 0.237 e. The lowest BCUT2D eigenvalue weighted by molar-refractivity contribution is -0.123. The van der Waals surface area contributed by atoms with Gasteiger partial charge in [0.25, 0.3) is 0 Å². The van der Waals surface area contributed by atoms with E-state index in [1.165, 1.54) is 16.3 Å². The van der Waals surface area contributed by atoms with Crippen molar-refractivity contribution >= 4 is 16.7 Å². The Kier molecular flexibility index (Phi) is 3.93. The predicted octanol–water partition coefficient (Wildman–Crippen LogP) is 3.16. The highest BCUT2D eigenvalue weighted by Gasteiger charge is 2.26. The van der Waals surface area contributed by atoms with Gasteiger partial charge in [0.15, 0.2) is 0 Å². The van der Waals surface area contributed by atoms with E-state index in [9.17, 15) is 4.79 Å². The van der Waals surface area contributed by atoms with Crippen LogP contribution in [0.1, 0.15) is 38.3 Å². The number of fused-ring (bicyclic) bond motifs is 1. The SMILES string of the molecule is CC(NC(C)c1cccc2ccccc12)C(=O)NC1CC1. The standard InChI is InChI=1S/C18H22N2O/c1-12(19-13(2)18(21)20-15-10-11-15)16-9-5-7-14-6-3-4-8-17(14)16/h3-9,12-13,15,19H,10-11H2,1-2H3,(H,20,21). The third-order valence-electron chi connectivity index (χ3n) is 4.11. The van der Waals surface area contributed by atoms with E-state index in [2.05, 4.69) is 60.0 Å². The smallest absolute Gasteiger partial charge is 0.237 e. The molecular weight excluding hydrogens is 260 g/mol. The van der Waals surface area contributed by atoms with Gasteiger partial charge in [-0.2, -0.15) is 0 Å². The quantitative estimate of drug-likeness (QED) is 0.884. The zero-order valence-corrected chi connectivity index (χ0v) is 12.6. The molecule has 110 valence electrons. The first-order valence-corrected chi connectivity index (χ1v) is 7.69. The molecule has 2 unspecified atom stereocenters. The highest BCUT2D eigenvalue weighted by atomic mass is 16.2. The van der Waals surface area contributed by atoms with Gasteiger partial charge in [0.2, 0.25) is 5.91 Å². The number of benzene rings is 2. The van der Waals surface area contributed by atoms with Crippen LogP contribution in [0.15, 0.2) is 42.5 Å². The van der Waals surface area contributed by atoms with Gasteiger partial charge in [-0.25, -0.2) is 0 Å². The molecule has 0 bridgehead atoms. The molecular formula is C18H22N2O. The van der Waals surface area contributed by atoms with Crippen LogP contribution in [0.25, 0.3) is 10.8 Å². The van der Waals surface area contributed by atoms with Gasteiger partial charge in [-0.15, -0.1) is 0 Å². The largest absolute Gasteiger partial charge is 0.352 e. The van der Waals surface area contributed by atoms with Crippen LogP contribution in [-0.4, -0.2) is 18.0 Å². The van der Waals surface area contributed by atoms with Crippen molar-refractivity contribution < 1.29 is 4.79 Å². The molecule has 0 radical (unpaired) electrons. The van der Waals surface area contributed by atoms with Gasteiger partial charge in [0.05, 0.1) is 6.04 Å². The Balaban J connectivity index is 1.74. The minimum Gasteiger partial charge on any atom is -0.352 e. The Morgan fingerprint density at radius 2 is 1.81 bits per heavy atom. The second-order valence-corrected chi connectivity index (χ2v) is 5.96. The van der Waals surface area contributed by atoms with Crippen molar-refractivity contribution in [1.82, 2.24) is 10.6 Å². The Labute approximate surface area is 125 Å². The number of carbonyl (C=O) groups excluding carboxylic acids is 1. The van der Waals surface area contributed by atoms with Crippen molar-refractivity contribution in [1.29, 1.82) is 0 Å². The van der Waals surface area contributed by atoms with E-state index >= 15 is 0 Å². The van der Waals surface area contributed by atoms with Crippen molar-refractivity contribution in [2.45, 2.75) is 44.8 Å². The summed E-state index contributed by atoms with van der Waals surface area (Å²) in [5.74, 6) is 0.101. The van der Waals surface area contributed by atoms with Gasteiger partial charge >= 0.3 is 0 Å². The molecule has 1 aliphatic carbocycles. The van der Waals surface area contributed by atoms with Crippen LogP contribution in [-0.2, 0) is 4.79 Å². The van der Waals surface area contributed by atoms with Crippen LogP contribution in [0.2, 0.25) is 0 Å². The molecule has 3 nitrogen and oxygen atoms in total. The number of nitrogens with one attached hydrogen (secondary N) is 2. The Hall–Kier alpha value is -1.87. The van der Waals surface area contributed by atoms with E-state index in [0.717, 1.165) is 12.8 Å². The van der Waals surface area contributed by atoms with E-state index in [1.807, 2.05) is 6.92 Å². The fourth-order valence-corrected chi connectivity index (χ4v) is 2.72.